The quantitative estimate of drug-likeness (QED) is 0.851. The Morgan fingerprint density at radius 3 is 2.88 bits per heavy atom. The van der Waals surface area contributed by atoms with Gasteiger partial charge in [0.05, 0.1) is 17.8 Å². The fourth-order valence-electron chi connectivity index (χ4n) is 1.44. The number of aromatic nitrogens is 1. The van der Waals surface area contributed by atoms with Crippen LogP contribution < -0.4 is 4.74 Å². The predicted octanol–water partition coefficient (Wildman–Crippen LogP) is 3.97. The highest BCUT2D eigenvalue weighted by Crippen LogP contribution is 2.21. The minimum atomic E-state index is -0.302. The van der Waals surface area contributed by atoms with Crippen molar-refractivity contribution in [3.63, 3.8) is 0 Å². The van der Waals surface area contributed by atoms with E-state index in [0.717, 1.165) is 12.1 Å². The Labute approximate surface area is 112 Å². The molecule has 0 unspecified atom stereocenters. The zero-order valence-electron chi connectivity index (χ0n) is 9.24. The summed E-state index contributed by atoms with van der Waals surface area (Å²) in [5, 5.41) is 0. The highest BCUT2D eigenvalue weighted by Gasteiger charge is 2.03. The average molecular weight is 316 g/mol. The van der Waals surface area contributed by atoms with E-state index in [1.807, 2.05) is 12.4 Å². The molecule has 17 heavy (non-hydrogen) atoms. The van der Waals surface area contributed by atoms with Crippen LogP contribution in [0.4, 0.5) is 4.39 Å². The topological polar surface area (TPSA) is 22.1 Å². The number of benzene rings is 1. The standard InChI is InChI=1S/C12H11BrFNOS/c1-8-12(17-7-15-8)2-3-16-11-5-9(13)4-10(14)6-11/h4-7H,2-3H2,1H3. The third-order valence-electron chi connectivity index (χ3n) is 2.28. The van der Waals surface area contributed by atoms with Crippen LogP contribution in [0, 0.1) is 12.7 Å². The van der Waals surface area contributed by atoms with Crippen molar-refractivity contribution in [3.8, 4) is 5.75 Å². The minimum Gasteiger partial charge on any atom is -0.493 e. The predicted molar refractivity (Wildman–Crippen MR) is 70.2 cm³/mol. The van der Waals surface area contributed by atoms with Crippen molar-refractivity contribution < 1.29 is 9.13 Å². The van der Waals surface area contributed by atoms with Crippen LogP contribution in [-0.4, -0.2) is 11.6 Å². The molecule has 0 radical (unpaired) electrons. The third-order valence-corrected chi connectivity index (χ3v) is 3.73. The average Bonchev–Trinajstić information content (AvgIpc) is 2.63. The SMILES string of the molecule is Cc1ncsc1CCOc1cc(F)cc(Br)c1. The van der Waals surface area contributed by atoms with Crippen molar-refractivity contribution in [2.75, 3.05) is 6.61 Å². The van der Waals surface area contributed by atoms with Gasteiger partial charge >= 0.3 is 0 Å². The van der Waals surface area contributed by atoms with E-state index in [9.17, 15) is 4.39 Å². The van der Waals surface area contributed by atoms with Crippen LogP contribution in [0.15, 0.2) is 28.2 Å². The van der Waals surface area contributed by atoms with E-state index >= 15 is 0 Å². The maximum absolute atomic E-state index is 13.1. The number of hydrogen-bond acceptors (Lipinski definition) is 3. The largest absolute Gasteiger partial charge is 0.493 e. The maximum atomic E-state index is 13.1. The van der Waals surface area contributed by atoms with Crippen LogP contribution in [0.3, 0.4) is 0 Å². The van der Waals surface area contributed by atoms with Gasteiger partial charge in [-0.25, -0.2) is 9.37 Å². The van der Waals surface area contributed by atoms with Crippen molar-refractivity contribution in [3.05, 3.63) is 44.6 Å². The maximum Gasteiger partial charge on any atom is 0.128 e. The lowest BCUT2D eigenvalue weighted by atomic mass is 10.3. The molecule has 0 amide bonds. The molecule has 0 aliphatic carbocycles. The van der Waals surface area contributed by atoms with Crippen LogP contribution in [-0.2, 0) is 6.42 Å². The molecule has 0 aliphatic rings. The van der Waals surface area contributed by atoms with E-state index in [0.29, 0.717) is 16.8 Å². The van der Waals surface area contributed by atoms with Crippen LogP contribution in [0.1, 0.15) is 10.6 Å². The molecule has 2 nitrogen and oxygen atoms in total. The fourth-order valence-corrected chi connectivity index (χ4v) is 2.65. The zero-order valence-corrected chi connectivity index (χ0v) is 11.6. The van der Waals surface area contributed by atoms with Crippen molar-refractivity contribution in [1.29, 1.82) is 0 Å². The van der Waals surface area contributed by atoms with Crippen LogP contribution >= 0.6 is 27.3 Å². The molecular formula is C12H11BrFNOS. The van der Waals surface area contributed by atoms with Crippen molar-refractivity contribution in [2.45, 2.75) is 13.3 Å². The number of rotatable bonds is 4. The van der Waals surface area contributed by atoms with E-state index in [4.69, 9.17) is 4.74 Å². The molecule has 2 rings (SSSR count). The van der Waals surface area contributed by atoms with E-state index < -0.39 is 0 Å². The molecule has 5 heteroatoms. The number of halogens is 2. The zero-order chi connectivity index (χ0) is 12.3. The van der Waals surface area contributed by atoms with Gasteiger partial charge in [-0.2, -0.15) is 0 Å². The number of thiazole rings is 1. The van der Waals surface area contributed by atoms with Gasteiger partial charge in [-0.1, -0.05) is 15.9 Å². The van der Waals surface area contributed by atoms with Crippen LogP contribution in [0.25, 0.3) is 0 Å². The lowest BCUT2D eigenvalue weighted by molar-refractivity contribution is 0.320. The summed E-state index contributed by atoms with van der Waals surface area (Å²) in [6, 6.07) is 4.53. The third kappa shape index (κ3) is 3.51. The summed E-state index contributed by atoms with van der Waals surface area (Å²) in [7, 11) is 0. The van der Waals surface area contributed by atoms with Crippen LogP contribution in [0.2, 0.25) is 0 Å². The summed E-state index contributed by atoms with van der Waals surface area (Å²) >= 11 is 4.84. The smallest absolute Gasteiger partial charge is 0.128 e. The lowest BCUT2D eigenvalue weighted by Gasteiger charge is -2.06. The van der Waals surface area contributed by atoms with Gasteiger partial charge in [-0.3, -0.25) is 0 Å². The molecule has 0 saturated carbocycles. The molecule has 0 bridgehead atoms. The molecule has 0 aliphatic heterocycles. The molecule has 1 aromatic carbocycles. The summed E-state index contributed by atoms with van der Waals surface area (Å²) in [4.78, 5) is 5.37. The van der Waals surface area contributed by atoms with E-state index in [-0.39, 0.29) is 5.82 Å². The van der Waals surface area contributed by atoms with Gasteiger partial charge in [0.15, 0.2) is 0 Å². The van der Waals surface area contributed by atoms with Crippen molar-refractivity contribution in [1.82, 2.24) is 4.98 Å². The Kier molecular flexibility index (Phi) is 4.12. The Morgan fingerprint density at radius 2 is 2.24 bits per heavy atom. The first-order chi connectivity index (χ1) is 8.15. The second-order valence-electron chi connectivity index (χ2n) is 3.56. The summed E-state index contributed by atoms with van der Waals surface area (Å²) < 4.78 is 19.3. The van der Waals surface area contributed by atoms with E-state index in [1.54, 1.807) is 17.4 Å². The molecule has 0 saturated heterocycles. The Balaban J connectivity index is 1.92. The molecule has 0 atom stereocenters. The molecule has 1 heterocycles. The number of ether oxygens (including phenoxy) is 1. The van der Waals surface area contributed by atoms with Crippen molar-refractivity contribution in [2.24, 2.45) is 0 Å². The Hall–Kier alpha value is -0.940. The second kappa shape index (κ2) is 5.60. The van der Waals surface area contributed by atoms with Gasteiger partial charge in [0.2, 0.25) is 0 Å². The highest BCUT2D eigenvalue weighted by atomic mass is 79.9. The van der Waals surface area contributed by atoms with Gasteiger partial charge in [0.25, 0.3) is 0 Å². The fraction of sp³-hybridized carbons (Fsp3) is 0.250. The van der Waals surface area contributed by atoms with Gasteiger partial charge in [-0.15, -0.1) is 11.3 Å². The van der Waals surface area contributed by atoms with E-state index in [2.05, 4.69) is 20.9 Å². The molecule has 90 valence electrons. The number of nitrogens with zero attached hydrogens (tertiary/aromatic N) is 1. The molecule has 2 aromatic rings. The van der Waals surface area contributed by atoms with Crippen LogP contribution in [0.5, 0.6) is 5.75 Å². The second-order valence-corrected chi connectivity index (χ2v) is 5.42. The number of hydrogen-bond donors (Lipinski definition) is 0. The molecule has 0 spiro atoms. The van der Waals surface area contributed by atoms with Crippen molar-refractivity contribution >= 4 is 27.3 Å². The summed E-state index contributed by atoms with van der Waals surface area (Å²) in [5.74, 6) is 0.238. The summed E-state index contributed by atoms with van der Waals surface area (Å²) in [6.07, 6.45) is 0.796. The van der Waals surface area contributed by atoms with Gasteiger partial charge in [0.1, 0.15) is 11.6 Å². The van der Waals surface area contributed by atoms with Gasteiger partial charge < -0.3 is 4.74 Å². The first kappa shape index (κ1) is 12.5. The Bertz CT molecular complexity index is 495. The Morgan fingerprint density at radius 1 is 1.41 bits per heavy atom. The summed E-state index contributed by atoms with van der Waals surface area (Å²) in [5.41, 5.74) is 2.86. The molecular weight excluding hydrogens is 305 g/mol. The number of aryl methyl sites for hydroxylation is 1. The normalized spacial score (nSPS) is 10.5. The monoisotopic (exact) mass is 315 g/mol. The summed E-state index contributed by atoms with van der Waals surface area (Å²) in [6.45, 7) is 2.50. The molecule has 0 fully saturated rings. The first-order valence-electron chi connectivity index (χ1n) is 5.13. The van der Waals surface area contributed by atoms with Gasteiger partial charge in [-0.05, 0) is 19.1 Å². The first-order valence-corrected chi connectivity index (χ1v) is 6.80. The molecule has 0 N–H and O–H groups in total. The highest BCUT2D eigenvalue weighted by molar-refractivity contribution is 9.10. The molecule has 1 aromatic heterocycles. The van der Waals surface area contributed by atoms with Gasteiger partial charge in [0, 0.05) is 21.8 Å². The van der Waals surface area contributed by atoms with E-state index in [1.165, 1.54) is 17.0 Å². The lowest BCUT2D eigenvalue weighted by Crippen LogP contribution is -2.01. The minimum absolute atomic E-state index is 0.302.